The van der Waals surface area contributed by atoms with Gasteiger partial charge in [-0.25, -0.2) is 9.97 Å². The summed E-state index contributed by atoms with van der Waals surface area (Å²) in [6.07, 6.45) is 0. The predicted octanol–water partition coefficient (Wildman–Crippen LogP) is 2.90. The Balaban J connectivity index is 2.35. The largest absolute Gasteiger partial charge is 0.373 e. The monoisotopic (exact) mass is 242 g/mol. The Labute approximate surface area is 108 Å². The van der Waals surface area contributed by atoms with E-state index in [1.54, 1.807) is 0 Å². The van der Waals surface area contributed by atoms with E-state index in [-0.39, 0.29) is 0 Å². The molecule has 0 radical (unpaired) electrons. The van der Waals surface area contributed by atoms with Crippen LogP contribution in [-0.4, -0.2) is 24.1 Å². The van der Waals surface area contributed by atoms with E-state index in [4.69, 9.17) is 0 Å². The maximum absolute atomic E-state index is 4.46. The summed E-state index contributed by atoms with van der Waals surface area (Å²) in [6.45, 7) is 3.98. The first-order valence-electron chi connectivity index (χ1n) is 5.94. The lowest BCUT2D eigenvalue weighted by atomic mass is 10.2. The summed E-state index contributed by atoms with van der Waals surface area (Å²) in [5.74, 6) is 2.47. The van der Waals surface area contributed by atoms with Crippen molar-refractivity contribution in [3.63, 3.8) is 0 Å². The molecule has 1 N–H and O–H groups in total. The lowest BCUT2D eigenvalue weighted by Crippen LogP contribution is -2.13. The van der Waals surface area contributed by atoms with E-state index in [1.807, 2.05) is 27.1 Å². The van der Waals surface area contributed by atoms with Crippen LogP contribution in [0.15, 0.2) is 30.3 Å². The Bertz CT molecular complexity index is 534. The molecule has 0 bridgehead atoms. The predicted molar refractivity (Wildman–Crippen MR) is 75.6 cm³/mol. The van der Waals surface area contributed by atoms with Gasteiger partial charge in [-0.1, -0.05) is 17.7 Å². The minimum absolute atomic E-state index is 0.760. The number of aryl methyl sites for hydroxylation is 2. The second kappa shape index (κ2) is 5.04. The molecule has 1 heterocycles. The number of rotatable bonds is 3. The van der Waals surface area contributed by atoms with E-state index in [2.05, 4.69) is 51.4 Å². The van der Waals surface area contributed by atoms with Crippen LogP contribution < -0.4 is 10.2 Å². The Kier molecular flexibility index (Phi) is 3.46. The van der Waals surface area contributed by atoms with Gasteiger partial charge in [-0.2, -0.15) is 0 Å². The van der Waals surface area contributed by atoms with Crippen LogP contribution in [-0.2, 0) is 0 Å². The molecule has 0 aliphatic carbocycles. The molecule has 18 heavy (non-hydrogen) atoms. The maximum atomic E-state index is 4.46. The molecule has 0 unspecified atom stereocenters. The zero-order chi connectivity index (χ0) is 13.1. The van der Waals surface area contributed by atoms with Crippen LogP contribution >= 0.6 is 0 Å². The second-order valence-corrected chi connectivity index (χ2v) is 4.30. The summed E-state index contributed by atoms with van der Waals surface area (Å²) in [5, 5.41) is 3.05. The molecule has 1 aromatic heterocycles. The number of anilines is 3. The van der Waals surface area contributed by atoms with Gasteiger partial charge in [-0.05, 0) is 26.0 Å². The molecule has 2 aromatic rings. The molecule has 0 aliphatic rings. The third-order valence-corrected chi connectivity index (χ3v) is 2.85. The van der Waals surface area contributed by atoms with Gasteiger partial charge < -0.3 is 10.2 Å². The normalized spacial score (nSPS) is 10.2. The van der Waals surface area contributed by atoms with Gasteiger partial charge in [0.25, 0.3) is 0 Å². The van der Waals surface area contributed by atoms with Gasteiger partial charge in [-0.15, -0.1) is 0 Å². The van der Waals surface area contributed by atoms with E-state index >= 15 is 0 Å². The van der Waals surface area contributed by atoms with Gasteiger partial charge in [0.2, 0.25) is 0 Å². The average Bonchev–Trinajstić information content (AvgIpc) is 2.38. The molecule has 2 rings (SSSR count). The van der Waals surface area contributed by atoms with Crippen molar-refractivity contribution in [2.24, 2.45) is 0 Å². The van der Waals surface area contributed by atoms with Crippen molar-refractivity contribution < 1.29 is 0 Å². The van der Waals surface area contributed by atoms with Crippen molar-refractivity contribution >= 4 is 17.3 Å². The Morgan fingerprint density at radius 2 is 1.72 bits per heavy atom. The minimum atomic E-state index is 0.760. The smallest absolute Gasteiger partial charge is 0.138 e. The zero-order valence-electron chi connectivity index (χ0n) is 11.2. The number of hydrogen-bond acceptors (Lipinski definition) is 4. The molecule has 0 aliphatic heterocycles. The summed E-state index contributed by atoms with van der Waals surface area (Å²) >= 11 is 0. The number of nitrogens with one attached hydrogen (secondary N) is 1. The SMILES string of the molecule is CNc1cc(N(C)c2ccc(C)cc2)nc(C)n1. The van der Waals surface area contributed by atoms with Gasteiger partial charge in [0.15, 0.2) is 0 Å². The highest BCUT2D eigenvalue weighted by atomic mass is 15.2. The molecule has 4 heteroatoms. The standard InChI is InChI=1S/C14H18N4/c1-10-5-7-12(8-6-10)18(4)14-9-13(15-3)16-11(2)17-14/h5-9H,1-4H3,(H,15,16,17). The molecule has 0 fully saturated rings. The Hall–Kier alpha value is -2.10. The van der Waals surface area contributed by atoms with Crippen molar-refractivity contribution in [1.29, 1.82) is 0 Å². The molecule has 0 spiro atoms. The first-order valence-corrected chi connectivity index (χ1v) is 5.94. The topological polar surface area (TPSA) is 41.0 Å². The van der Waals surface area contributed by atoms with E-state index in [9.17, 15) is 0 Å². The molecule has 94 valence electrons. The molecule has 0 saturated carbocycles. The van der Waals surface area contributed by atoms with Crippen molar-refractivity contribution in [1.82, 2.24) is 9.97 Å². The fraction of sp³-hybridized carbons (Fsp3) is 0.286. The second-order valence-electron chi connectivity index (χ2n) is 4.30. The van der Waals surface area contributed by atoms with Crippen molar-refractivity contribution in [2.45, 2.75) is 13.8 Å². The summed E-state index contributed by atoms with van der Waals surface area (Å²) in [6, 6.07) is 10.3. The third kappa shape index (κ3) is 2.59. The molecule has 0 atom stereocenters. The Morgan fingerprint density at radius 3 is 2.33 bits per heavy atom. The summed E-state index contributed by atoms with van der Waals surface area (Å²) < 4.78 is 0. The molecule has 0 saturated heterocycles. The lowest BCUT2D eigenvalue weighted by Gasteiger charge is -2.19. The molecular weight excluding hydrogens is 224 g/mol. The van der Waals surface area contributed by atoms with Gasteiger partial charge in [-0.3, -0.25) is 0 Å². The Morgan fingerprint density at radius 1 is 1.06 bits per heavy atom. The first-order chi connectivity index (χ1) is 8.60. The van der Waals surface area contributed by atoms with Crippen LogP contribution in [0.4, 0.5) is 17.3 Å². The van der Waals surface area contributed by atoms with Crippen LogP contribution in [0.5, 0.6) is 0 Å². The van der Waals surface area contributed by atoms with Crippen LogP contribution in [0.3, 0.4) is 0 Å². The van der Waals surface area contributed by atoms with Crippen molar-refractivity contribution in [3.8, 4) is 0 Å². The lowest BCUT2D eigenvalue weighted by molar-refractivity contribution is 1.01. The van der Waals surface area contributed by atoms with E-state index < -0.39 is 0 Å². The number of hydrogen-bond donors (Lipinski definition) is 1. The summed E-state index contributed by atoms with van der Waals surface area (Å²) in [4.78, 5) is 10.8. The molecular formula is C14H18N4. The van der Waals surface area contributed by atoms with Crippen LogP contribution in [0.25, 0.3) is 0 Å². The van der Waals surface area contributed by atoms with Crippen LogP contribution in [0, 0.1) is 13.8 Å². The van der Waals surface area contributed by atoms with E-state index in [1.165, 1.54) is 5.56 Å². The highest BCUT2D eigenvalue weighted by Gasteiger charge is 2.07. The zero-order valence-corrected chi connectivity index (χ0v) is 11.2. The van der Waals surface area contributed by atoms with Crippen LogP contribution in [0.1, 0.15) is 11.4 Å². The fourth-order valence-corrected chi connectivity index (χ4v) is 1.75. The number of nitrogens with zero attached hydrogens (tertiary/aromatic N) is 3. The molecule has 1 aromatic carbocycles. The summed E-state index contributed by atoms with van der Waals surface area (Å²) in [5.41, 5.74) is 2.36. The average molecular weight is 242 g/mol. The number of aromatic nitrogens is 2. The van der Waals surface area contributed by atoms with Gasteiger partial charge in [0.1, 0.15) is 17.5 Å². The fourth-order valence-electron chi connectivity index (χ4n) is 1.75. The van der Waals surface area contributed by atoms with Crippen molar-refractivity contribution in [3.05, 3.63) is 41.7 Å². The number of benzene rings is 1. The minimum Gasteiger partial charge on any atom is -0.373 e. The van der Waals surface area contributed by atoms with E-state index in [0.717, 1.165) is 23.1 Å². The van der Waals surface area contributed by atoms with Gasteiger partial charge in [0.05, 0.1) is 0 Å². The maximum Gasteiger partial charge on any atom is 0.138 e. The highest BCUT2D eigenvalue weighted by Crippen LogP contribution is 2.23. The van der Waals surface area contributed by atoms with Crippen molar-refractivity contribution in [2.75, 3.05) is 24.3 Å². The van der Waals surface area contributed by atoms with E-state index in [0.29, 0.717) is 0 Å². The van der Waals surface area contributed by atoms with Gasteiger partial charge >= 0.3 is 0 Å². The van der Waals surface area contributed by atoms with Gasteiger partial charge in [0, 0.05) is 25.8 Å². The quantitative estimate of drug-likeness (QED) is 0.898. The highest BCUT2D eigenvalue weighted by molar-refractivity contribution is 5.61. The third-order valence-electron chi connectivity index (χ3n) is 2.85. The molecule has 4 nitrogen and oxygen atoms in total. The molecule has 0 amide bonds. The first kappa shape index (κ1) is 12.4. The van der Waals surface area contributed by atoms with Crippen LogP contribution in [0.2, 0.25) is 0 Å². The summed E-state index contributed by atoms with van der Waals surface area (Å²) in [7, 11) is 3.86.